The van der Waals surface area contributed by atoms with E-state index in [1.165, 1.54) is 22.7 Å². The minimum Gasteiger partial charge on any atom is -0.342 e. The predicted octanol–water partition coefficient (Wildman–Crippen LogP) is 3.89. The molecular formula is C23H24ClN5O3S2. The number of nitrogens with one attached hydrogen (secondary N) is 2. The van der Waals surface area contributed by atoms with Crippen molar-refractivity contribution in [2.75, 3.05) is 13.1 Å². The number of rotatable bonds is 5. The van der Waals surface area contributed by atoms with Gasteiger partial charge in [-0.1, -0.05) is 29.8 Å². The van der Waals surface area contributed by atoms with Crippen LogP contribution in [0.3, 0.4) is 0 Å². The average molecular weight is 518 g/mol. The van der Waals surface area contributed by atoms with Crippen LogP contribution < -0.4 is 10.9 Å². The Balaban J connectivity index is 1.27. The second-order valence-corrected chi connectivity index (χ2v) is 10.5. The normalized spacial score (nSPS) is 14.1. The summed E-state index contributed by atoms with van der Waals surface area (Å²) in [4.78, 5) is 48.4. The van der Waals surface area contributed by atoms with Crippen molar-refractivity contribution in [3.63, 3.8) is 0 Å². The Labute approximate surface area is 210 Å². The van der Waals surface area contributed by atoms with Gasteiger partial charge in [-0.25, -0.2) is 9.97 Å². The number of aryl methyl sites for hydroxylation is 2. The molecule has 4 rings (SSSR count). The third kappa shape index (κ3) is 5.63. The van der Waals surface area contributed by atoms with Crippen LogP contribution in [0.1, 0.15) is 60.2 Å². The van der Waals surface area contributed by atoms with Gasteiger partial charge in [0.25, 0.3) is 11.8 Å². The Morgan fingerprint density at radius 2 is 1.79 bits per heavy atom. The lowest BCUT2D eigenvalue weighted by Crippen LogP contribution is -2.41. The summed E-state index contributed by atoms with van der Waals surface area (Å²) < 4.78 is 0. The zero-order chi connectivity index (χ0) is 24.2. The molecule has 8 nitrogen and oxygen atoms in total. The first-order chi connectivity index (χ1) is 16.3. The number of hydrogen-bond acceptors (Lipinski definition) is 7. The molecule has 1 aromatic carbocycles. The van der Waals surface area contributed by atoms with Crippen molar-refractivity contribution in [1.82, 2.24) is 25.7 Å². The molecule has 0 saturated carbocycles. The van der Waals surface area contributed by atoms with Crippen LogP contribution in [-0.2, 0) is 11.2 Å². The standard InChI is InChI=1S/C23H24ClN5O3S2/c1-13-20(34-14(2)25-13)22(32)28-27-21(31)18-12-33-23(26-18)15-7-9-29(10-8-15)19(30)11-16-5-3-4-6-17(16)24/h3-6,12,15H,7-11H2,1-2H3,(H,27,31)(H,28,32). The molecule has 0 atom stereocenters. The van der Waals surface area contributed by atoms with Gasteiger partial charge in [-0.2, -0.15) is 0 Å². The number of likely N-dealkylation sites (tertiary alicyclic amines) is 1. The molecule has 3 aromatic rings. The summed E-state index contributed by atoms with van der Waals surface area (Å²) in [5.41, 5.74) is 6.56. The summed E-state index contributed by atoms with van der Waals surface area (Å²) >= 11 is 8.88. The van der Waals surface area contributed by atoms with Crippen LogP contribution in [-0.4, -0.2) is 45.7 Å². The fraction of sp³-hybridized carbons (Fsp3) is 0.348. The van der Waals surface area contributed by atoms with E-state index in [0.717, 1.165) is 28.4 Å². The smallest absolute Gasteiger partial charge is 0.289 e. The quantitative estimate of drug-likeness (QED) is 0.499. The molecule has 1 aliphatic heterocycles. The molecule has 0 spiro atoms. The second-order valence-electron chi connectivity index (χ2n) is 8.05. The van der Waals surface area contributed by atoms with Gasteiger partial charge in [0.05, 0.1) is 22.1 Å². The molecule has 11 heteroatoms. The summed E-state index contributed by atoms with van der Waals surface area (Å²) in [7, 11) is 0. The maximum Gasteiger partial charge on any atom is 0.289 e. The summed E-state index contributed by atoms with van der Waals surface area (Å²) in [6.45, 7) is 4.85. The molecule has 1 saturated heterocycles. The lowest BCUT2D eigenvalue weighted by atomic mass is 9.97. The van der Waals surface area contributed by atoms with E-state index in [-0.39, 0.29) is 23.9 Å². The number of halogens is 1. The number of carbonyl (C=O) groups is 3. The molecule has 1 fully saturated rings. The number of thiazole rings is 2. The fourth-order valence-corrected chi connectivity index (χ4v) is 5.84. The molecule has 0 unspecified atom stereocenters. The Morgan fingerprint density at radius 1 is 1.09 bits per heavy atom. The topological polar surface area (TPSA) is 104 Å². The van der Waals surface area contributed by atoms with Gasteiger partial charge in [0.15, 0.2) is 0 Å². The third-order valence-electron chi connectivity index (χ3n) is 5.65. The monoisotopic (exact) mass is 517 g/mol. The molecule has 3 heterocycles. The highest BCUT2D eigenvalue weighted by Crippen LogP contribution is 2.31. The Hall–Kier alpha value is -2.82. The van der Waals surface area contributed by atoms with Gasteiger partial charge in [-0.15, -0.1) is 22.7 Å². The maximum absolute atomic E-state index is 12.7. The SMILES string of the molecule is Cc1nc(C)c(C(=O)NNC(=O)c2csc(C3CCN(C(=O)Cc4ccccc4Cl)CC3)n2)s1. The van der Waals surface area contributed by atoms with E-state index >= 15 is 0 Å². The van der Waals surface area contributed by atoms with Crippen LogP contribution in [0.5, 0.6) is 0 Å². The van der Waals surface area contributed by atoms with Gasteiger partial charge in [-0.3, -0.25) is 25.2 Å². The number of hydrogen-bond donors (Lipinski definition) is 2. The average Bonchev–Trinajstić information content (AvgIpc) is 3.45. The minimum absolute atomic E-state index is 0.0628. The van der Waals surface area contributed by atoms with Crippen molar-refractivity contribution in [2.45, 2.75) is 39.0 Å². The van der Waals surface area contributed by atoms with Crippen LogP contribution in [0, 0.1) is 13.8 Å². The van der Waals surface area contributed by atoms with Crippen LogP contribution >= 0.6 is 34.3 Å². The molecule has 2 aromatic heterocycles. The lowest BCUT2D eigenvalue weighted by molar-refractivity contribution is -0.131. The van der Waals surface area contributed by atoms with Crippen molar-refractivity contribution < 1.29 is 14.4 Å². The highest BCUT2D eigenvalue weighted by molar-refractivity contribution is 7.13. The number of aromatic nitrogens is 2. The van der Waals surface area contributed by atoms with E-state index < -0.39 is 11.8 Å². The number of amides is 3. The minimum atomic E-state index is -0.470. The van der Waals surface area contributed by atoms with E-state index in [1.807, 2.05) is 30.0 Å². The van der Waals surface area contributed by atoms with E-state index in [0.29, 0.717) is 28.7 Å². The summed E-state index contributed by atoms with van der Waals surface area (Å²) in [5, 5.41) is 3.94. The van der Waals surface area contributed by atoms with Crippen molar-refractivity contribution in [2.24, 2.45) is 0 Å². The van der Waals surface area contributed by atoms with Crippen LogP contribution in [0.25, 0.3) is 0 Å². The van der Waals surface area contributed by atoms with Crippen molar-refractivity contribution in [1.29, 1.82) is 0 Å². The van der Waals surface area contributed by atoms with Gasteiger partial charge in [-0.05, 0) is 38.3 Å². The number of carbonyl (C=O) groups excluding carboxylic acids is 3. The maximum atomic E-state index is 12.7. The number of nitrogens with zero attached hydrogens (tertiary/aromatic N) is 3. The Kier molecular flexibility index (Phi) is 7.60. The Morgan fingerprint density at radius 3 is 2.47 bits per heavy atom. The van der Waals surface area contributed by atoms with E-state index in [4.69, 9.17) is 11.6 Å². The fourth-order valence-electron chi connectivity index (χ4n) is 3.85. The molecule has 0 radical (unpaired) electrons. The highest BCUT2D eigenvalue weighted by Gasteiger charge is 2.27. The first-order valence-electron chi connectivity index (χ1n) is 10.8. The van der Waals surface area contributed by atoms with E-state index in [2.05, 4.69) is 20.8 Å². The Bertz CT molecular complexity index is 1220. The third-order valence-corrected chi connectivity index (χ3v) is 8.10. The molecule has 0 bridgehead atoms. The van der Waals surface area contributed by atoms with Crippen LogP contribution in [0.15, 0.2) is 29.6 Å². The molecule has 0 aliphatic carbocycles. The summed E-state index contributed by atoms with van der Waals surface area (Å²) in [5.74, 6) is -0.621. The van der Waals surface area contributed by atoms with Gasteiger partial charge in [0.2, 0.25) is 5.91 Å². The number of benzene rings is 1. The van der Waals surface area contributed by atoms with Crippen molar-refractivity contribution in [3.05, 3.63) is 66.5 Å². The first kappa shape index (κ1) is 24.3. The van der Waals surface area contributed by atoms with Gasteiger partial charge in [0.1, 0.15) is 10.6 Å². The van der Waals surface area contributed by atoms with Gasteiger partial charge in [0, 0.05) is 29.4 Å². The van der Waals surface area contributed by atoms with Crippen LogP contribution in [0.2, 0.25) is 5.02 Å². The molecular weight excluding hydrogens is 494 g/mol. The summed E-state index contributed by atoms with van der Waals surface area (Å²) in [6.07, 6.45) is 1.85. The highest BCUT2D eigenvalue weighted by atomic mass is 35.5. The van der Waals surface area contributed by atoms with Crippen molar-refractivity contribution in [3.8, 4) is 0 Å². The zero-order valence-corrected chi connectivity index (χ0v) is 21.1. The number of piperidine rings is 1. The molecule has 2 N–H and O–H groups in total. The van der Waals surface area contributed by atoms with E-state index in [9.17, 15) is 14.4 Å². The van der Waals surface area contributed by atoms with E-state index in [1.54, 1.807) is 18.4 Å². The van der Waals surface area contributed by atoms with Gasteiger partial charge < -0.3 is 4.90 Å². The van der Waals surface area contributed by atoms with Crippen LogP contribution in [0.4, 0.5) is 0 Å². The molecule has 34 heavy (non-hydrogen) atoms. The summed E-state index contributed by atoms with van der Waals surface area (Å²) in [6, 6.07) is 7.39. The lowest BCUT2D eigenvalue weighted by Gasteiger charge is -2.31. The molecule has 3 amide bonds. The predicted molar refractivity (Wildman–Crippen MR) is 132 cm³/mol. The molecule has 178 valence electrons. The van der Waals surface area contributed by atoms with Gasteiger partial charge >= 0.3 is 0 Å². The number of hydrazine groups is 1. The second kappa shape index (κ2) is 10.6. The largest absolute Gasteiger partial charge is 0.342 e. The molecule has 1 aliphatic rings. The van der Waals surface area contributed by atoms with Crippen molar-refractivity contribution >= 4 is 52.0 Å². The first-order valence-corrected chi connectivity index (χ1v) is 12.9. The zero-order valence-electron chi connectivity index (χ0n) is 18.8.